The molecule has 3 rings (SSSR count). The number of alkyl halides is 3. The first-order valence-electron chi connectivity index (χ1n) is 9.07. The standard InChI is InChI=1S/C19H20F3N3O3S/c20-19(21,22)13-25(11-15-4-3-9-28-15)17(26)12-29-16-6-5-14(10-23-16)18(27)24-7-1-2-8-24/h3-6,9-10H,1-2,7-8,11-13H2. The number of furan rings is 1. The minimum Gasteiger partial charge on any atom is -0.467 e. The minimum atomic E-state index is -4.51. The van der Waals surface area contributed by atoms with Crippen LogP contribution in [0.25, 0.3) is 0 Å². The smallest absolute Gasteiger partial charge is 0.406 e. The van der Waals surface area contributed by atoms with E-state index in [-0.39, 0.29) is 24.0 Å². The number of nitrogens with zero attached hydrogens (tertiary/aromatic N) is 3. The van der Waals surface area contributed by atoms with E-state index in [1.807, 2.05) is 0 Å². The summed E-state index contributed by atoms with van der Waals surface area (Å²) in [6.07, 6.45) is 0.241. The highest BCUT2D eigenvalue weighted by Gasteiger charge is 2.33. The molecule has 6 nitrogen and oxygen atoms in total. The number of carbonyl (C=O) groups is 2. The molecule has 156 valence electrons. The molecule has 2 aromatic heterocycles. The monoisotopic (exact) mass is 427 g/mol. The first kappa shape index (κ1) is 21.2. The lowest BCUT2D eigenvalue weighted by atomic mass is 10.2. The molecule has 1 aliphatic rings. The highest BCUT2D eigenvalue weighted by Crippen LogP contribution is 2.22. The summed E-state index contributed by atoms with van der Waals surface area (Å²) in [6.45, 7) is -0.157. The second-order valence-corrected chi connectivity index (χ2v) is 7.61. The van der Waals surface area contributed by atoms with Crippen molar-refractivity contribution in [1.29, 1.82) is 0 Å². The fourth-order valence-electron chi connectivity index (χ4n) is 2.96. The number of rotatable bonds is 7. The topological polar surface area (TPSA) is 66.7 Å². The molecule has 1 fully saturated rings. The van der Waals surface area contributed by atoms with Crippen LogP contribution in [0, 0.1) is 0 Å². The van der Waals surface area contributed by atoms with E-state index in [1.54, 1.807) is 23.1 Å². The molecule has 0 radical (unpaired) electrons. The normalized spacial score (nSPS) is 14.2. The summed E-state index contributed by atoms with van der Waals surface area (Å²) in [5.41, 5.74) is 0.457. The second-order valence-electron chi connectivity index (χ2n) is 6.62. The highest BCUT2D eigenvalue weighted by atomic mass is 32.2. The lowest BCUT2D eigenvalue weighted by Gasteiger charge is -2.22. The van der Waals surface area contributed by atoms with E-state index in [0.717, 1.165) is 37.7 Å². The Balaban J connectivity index is 1.57. The maximum atomic E-state index is 12.8. The molecule has 10 heteroatoms. The Morgan fingerprint density at radius 3 is 2.55 bits per heavy atom. The molecule has 1 aliphatic heterocycles. The third-order valence-electron chi connectivity index (χ3n) is 4.37. The van der Waals surface area contributed by atoms with Gasteiger partial charge in [-0.05, 0) is 37.1 Å². The zero-order chi connectivity index (χ0) is 20.9. The van der Waals surface area contributed by atoms with Crippen LogP contribution in [0.4, 0.5) is 13.2 Å². The van der Waals surface area contributed by atoms with Crippen molar-refractivity contribution in [2.24, 2.45) is 0 Å². The van der Waals surface area contributed by atoms with Crippen molar-refractivity contribution in [2.75, 3.05) is 25.4 Å². The van der Waals surface area contributed by atoms with Gasteiger partial charge in [0.05, 0.1) is 29.2 Å². The van der Waals surface area contributed by atoms with Crippen molar-refractivity contribution >= 4 is 23.6 Å². The number of likely N-dealkylation sites (tertiary alicyclic amines) is 1. The summed E-state index contributed by atoms with van der Waals surface area (Å²) in [4.78, 5) is 31.3. The SMILES string of the molecule is O=C(CSc1ccc(C(=O)N2CCCC2)cn1)N(Cc1ccco1)CC(F)(F)F. The molecule has 2 amide bonds. The summed E-state index contributed by atoms with van der Waals surface area (Å²) in [7, 11) is 0. The second kappa shape index (κ2) is 9.34. The molecule has 29 heavy (non-hydrogen) atoms. The third kappa shape index (κ3) is 6.25. The van der Waals surface area contributed by atoms with Gasteiger partial charge >= 0.3 is 6.18 Å². The predicted octanol–water partition coefficient (Wildman–Crippen LogP) is 3.59. The quantitative estimate of drug-likeness (QED) is 0.632. The van der Waals surface area contributed by atoms with E-state index in [1.165, 1.54) is 18.5 Å². The van der Waals surface area contributed by atoms with Crippen LogP contribution >= 0.6 is 11.8 Å². The van der Waals surface area contributed by atoms with Crippen molar-refractivity contribution in [1.82, 2.24) is 14.8 Å². The van der Waals surface area contributed by atoms with E-state index in [0.29, 0.717) is 15.5 Å². The fraction of sp³-hybridized carbons (Fsp3) is 0.421. The van der Waals surface area contributed by atoms with Crippen molar-refractivity contribution in [3.63, 3.8) is 0 Å². The molecule has 0 aliphatic carbocycles. The first-order valence-corrected chi connectivity index (χ1v) is 10.1. The van der Waals surface area contributed by atoms with E-state index >= 15 is 0 Å². The summed E-state index contributed by atoms with van der Waals surface area (Å²) >= 11 is 1.02. The largest absolute Gasteiger partial charge is 0.467 e. The summed E-state index contributed by atoms with van der Waals surface area (Å²) in [5, 5.41) is 0.460. The highest BCUT2D eigenvalue weighted by molar-refractivity contribution is 7.99. The zero-order valence-corrected chi connectivity index (χ0v) is 16.3. The van der Waals surface area contributed by atoms with Gasteiger partial charge in [-0.2, -0.15) is 13.2 Å². The van der Waals surface area contributed by atoms with Crippen molar-refractivity contribution < 1.29 is 27.2 Å². The number of carbonyl (C=O) groups excluding carboxylic acids is 2. The van der Waals surface area contributed by atoms with Gasteiger partial charge in [0.2, 0.25) is 5.91 Å². The van der Waals surface area contributed by atoms with Crippen LogP contribution in [0.2, 0.25) is 0 Å². The van der Waals surface area contributed by atoms with Crippen molar-refractivity contribution in [3.05, 3.63) is 48.0 Å². The van der Waals surface area contributed by atoms with E-state index in [4.69, 9.17) is 4.42 Å². The average Bonchev–Trinajstić information content (AvgIpc) is 3.38. The van der Waals surface area contributed by atoms with E-state index < -0.39 is 18.6 Å². The number of hydrogen-bond acceptors (Lipinski definition) is 5. The van der Waals surface area contributed by atoms with Gasteiger partial charge < -0.3 is 14.2 Å². The number of halogens is 3. The van der Waals surface area contributed by atoms with Gasteiger partial charge in [0.1, 0.15) is 12.3 Å². The molecule has 0 saturated carbocycles. The third-order valence-corrected chi connectivity index (χ3v) is 5.30. The zero-order valence-electron chi connectivity index (χ0n) is 15.5. The van der Waals surface area contributed by atoms with E-state index in [9.17, 15) is 22.8 Å². The van der Waals surface area contributed by atoms with Gasteiger partial charge in [-0.25, -0.2) is 4.98 Å². The number of thioether (sulfide) groups is 1. The number of amides is 2. The van der Waals surface area contributed by atoms with Crippen molar-refractivity contribution in [3.8, 4) is 0 Å². The fourth-order valence-corrected chi connectivity index (χ4v) is 3.71. The molecule has 0 aromatic carbocycles. The van der Waals surface area contributed by atoms with Crippen LogP contribution < -0.4 is 0 Å². The molecule has 3 heterocycles. The number of hydrogen-bond donors (Lipinski definition) is 0. The molecule has 0 N–H and O–H groups in total. The Labute approximate surface area is 170 Å². The predicted molar refractivity (Wildman–Crippen MR) is 100 cm³/mol. The Kier molecular flexibility index (Phi) is 6.83. The molecular formula is C19H20F3N3O3S. The molecule has 2 aromatic rings. The molecule has 0 bridgehead atoms. The Hall–Kier alpha value is -2.49. The van der Waals surface area contributed by atoms with Crippen LogP contribution in [-0.2, 0) is 11.3 Å². The lowest BCUT2D eigenvalue weighted by Crippen LogP contribution is -2.39. The molecular weight excluding hydrogens is 407 g/mol. The Morgan fingerprint density at radius 1 is 1.21 bits per heavy atom. The van der Waals surface area contributed by atoms with Gasteiger partial charge in [0.15, 0.2) is 0 Å². The Bertz CT molecular complexity index is 819. The van der Waals surface area contributed by atoms with Gasteiger partial charge in [-0.1, -0.05) is 11.8 Å². The van der Waals surface area contributed by atoms with Crippen LogP contribution in [0.15, 0.2) is 46.2 Å². The average molecular weight is 427 g/mol. The minimum absolute atomic E-state index is 0.0857. The van der Waals surface area contributed by atoms with Gasteiger partial charge in [0, 0.05) is 19.3 Å². The molecule has 0 atom stereocenters. The Morgan fingerprint density at radius 2 is 1.97 bits per heavy atom. The van der Waals surface area contributed by atoms with Gasteiger partial charge in [0.25, 0.3) is 5.91 Å². The maximum Gasteiger partial charge on any atom is 0.406 e. The van der Waals surface area contributed by atoms with Gasteiger partial charge in [-0.15, -0.1) is 0 Å². The van der Waals surface area contributed by atoms with Crippen LogP contribution in [0.1, 0.15) is 29.0 Å². The molecule has 0 spiro atoms. The van der Waals surface area contributed by atoms with Crippen LogP contribution in [0.5, 0.6) is 0 Å². The summed E-state index contributed by atoms with van der Waals surface area (Å²) < 4.78 is 43.5. The number of pyridine rings is 1. The number of aromatic nitrogens is 1. The lowest BCUT2D eigenvalue weighted by molar-refractivity contribution is -0.161. The van der Waals surface area contributed by atoms with Crippen molar-refractivity contribution in [2.45, 2.75) is 30.6 Å². The van der Waals surface area contributed by atoms with Gasteiger partial charge in [-0.3, -0.25) is 9.59 Å². The molecule has 0 unspecified atom stereocenters. The van der Waals surface area contributed by atoms with Crippen LogP contribution in [-0.4, -0.2) is 58.2 Å². The van der Waals surface area contributed by atoms with Crippen LogP contribution in [0.3, 0.4) is 0 Å². The summed E-state index contributed by atoms with van der Waals surface area (Å²) in [6, 6.07) is 6.29. The van der Waals surface area contributed by atoms with E-state index in [2.05, 4.69) is 4.98 Å². The maximum absolute atomic E-state index is 12.8. The summed E-state index contributed by atoms with van der Waals surface area (Å²) in [5.74, 6) is -0.695. The molecule has 1 saturated heterocycles. The first-order chi connectivity index (χ1) is 13.8.